The van der Waals surface area contributed by atoms with Crippen LogP contribution >= 0.6 is 0 Å². The second-order valence-electron chi connectivity index (χ2n) is 7.92. The number of aryl methyl sites for hydroxylation is 1. The van der Waals surface area contributed by atoms with Crippen molar-refractivity contribution in [1.29, 1.82) is 0 Å². The molecule has 3 N–H and O–H groups in total. The van der Waals surface area contributed by atoms with Crippen molar-refractivity contribution in [3.63, 3.8) is 0 Å². The molecule has 0 radical (unpaired) electrons. The maximum Gasteiger partial charge on any atom is 0.240 e. The molecule has 1 aliphatic carbocycles. The molecule has 31 heavy (non-hydrogen) atoms. The lowest BCUT2D eigenvalue weighted by molar-refractivity contribution is -0.134. The number of likely N-dealkylation sites (N-methyl/N-ethyl adjacent to an activating group) is 1. The van der Waals surface area contributed by atoms with E-state index < -0.39 is 0 Å². The number of hydrogen-bond acceptors (Lipinski definition) is 6. The van der Waals surface area contributed by atoms with Gasteiger partial charge in [0.15, 0.2) is 0 Å². The molecule has 1 aromatic rings. The molecule has 1 saturated carbocycles. The van der Waals surface area contributed by atoms with Gasteiger partial charge in [-0.1, -0.05) is 18.2 Å². The van der Waals surface area contributed by atoms with Gasteiger partial charge >= 0.3 is 0 Å². The number of nitrogens with zero attached hydrogens (tertiary/aromatic N) is 1. The van der Waals surface area contributed by atoms with Crippen molar-refractivity contribution in [1.82, 2.24) is 20.9 Å². The van der Waals surface area contributed by atoms with Gasteiger partial charge in [0.05, 0.1) is 12.6 Å². The number of benzene rings is 1. The van der Waals surface area contributed by atoms with E-state index in [0.717, 1.165) is 43.3 Å². The number of carbonyl (C=O) groups excluding carboxylic acids is 3. The first kappa shape index (κ1) is 24.8. The van der Waals surface area contributed by atoms with Crippen molar-refractivity contribution in [3.8, 4) is 5.75 Å². The summed E-state index contributed by atoms with van der Waals surface area (Å²) in [4.78, 5) is 36.3. The third-order valence-corrected chi connectivity index (χ3v) is 5.33. The average Bonchev–Trinajstić information content (AvgIpc) is 3.61. The molecule has 1 atom stereocenters. The van der Waals surface area contributed by atoms with Gasteiger partial charge in [-0.05, 0) is 50.3 Å². The first-order chi connectivity index (χ1) is 15.1. The van der Waals surface area contributed by atoms with E-state index in [9.17, 15) is 14.4 Å². The van der Waals surface area contributed by atoms with Crippen LogP contribution < -0.4 is 20.7 Å². The van der Waals surface area contributed by atoms with Crippen molar-refractivity contribution < 1.29 is 19.1 Å². The van der Waals surface area contributed by atoms with Crippen molar-refractivity contribution in [2.24, 2.45) is 5.92 Å². The van der Waals surface area contributed by atoms with E-state index >= 15 is 0 Å². The van der Waals surface area contributed by atoms with Gasteiger partial charge in [-0.2, -0.15) is 0 Å². The monoisotopic (exact) mass is 432 g/mol. The largest absolute Gasteiger partial charge is 0.492 e. The van der Waals surface area contributed by atoms with Crippen LogP contribution in [0.25, 0.3) is 0 Å². The van der Waals surface area contributed by atoms with Crippen LogP contribution in [0, 0.1) is 5.92 Å². The first-order valence-corrected chi connectivity index (χ1v) is 11.1. The van der Waals surface area contributed by atoms with Crippen molar-refractivity contribution in [2.75, 3.05) is 46.9 Å². The van der Waals surface area contributed by atoms with Crippen molar-refractivity contribution in [3.05, 3.63) is 29.8 Å². The Balaban J connectivity index is 1.73. The second-order valence-corrected chi connectivity index (χ2v) is 7.92. The second kappa shape index (κ2) is 13.8. The lowest BCUT2D eigenvalue weighted by Crippen LogP contribution is -2.48. The van der Waals surface area contributed by atoms with Gasteiger partial charge in [-0.15, -0.1) is 0 Å². The molecule has 0 heterocycles. The van der Waals surface area contributed by atoms with Gasteiger partial charge in [0.2, 0.25) is 11.8 Å². The number of rotatable bonds is 16. The van der Waals surface area contributed by atoms with E-state index in [1.165, 1.54) is 4.90 Å². The summed E-state index contributed by atoms with van der Waals surface area (Å²) in [7, 11) is 3.49. The van der Waals surface area contributed by atoms with Crippen molar-refractivity contribution in [2.45, 2.75) is 38.1 Å². The minimum atomic E-state index is -0.254. The number of ether oxygens (including phenoxy) is 1. The highest BCUT2D eigenvalue weighted by molar-refractivity contribution is 5.84. The van der Waals surface area contributed by atoms with E-state index in [4.69, 9.17) is 4.74 Å². The molecule has 172 valence electrons. The van der Waals surface area contributed by atoms with E-state index in [1.807, 2.05) is 31.3 Å². The molecule has 2 amide bonds. The van der Waals surface area contributed by atoms with Gasteiger partial charge in [0.25, 0.3) is 0 Å². The van der Waals surface area contributed by atoms with Gasteiger partial charge in [0, 0.05) is 33.1 Å². The van der Waals surface area contributed by atoms with Gasteiger partial charge in [-0.25, -0.2) is 0 Å². The minimum Gasteiger partial charge on any atom is -0.492 e. The Morgan fingerprint density at radius 1 is 1.23 bits per heavy atom. The molecule has 1 fully saturated rings. The molecular formula is C23H36N4O4. The Bertz CT molecular complexity index is 709. The third kappa shape index (κ3) is 9.06. The highest BCUT2D eigenvalue weighted by Gasteiger charge is 2.37. The van der Waals surface area contributed by atoms with Crippen LogP contribution in [0.15, 0.2) is 24.3 Å². The first-order valence-electron chi connectivity index (χ1n) is 11.1. The summed E-state index contributed by atoms with van der Waals surface area (Å²) >= 11 is 0. The summed E-state index contributed by atoms with van der Waals surface area (Å²) in [5, 5.41) is 9.20. The molecule has 0 bridgehead atoms. The van der Waals surface area contributed by atoms with Crippen molar-refractivity contribution >= 4 is 18.1 Å². The summed E-state index contributed by atoms with van der Waals surface area (Å²) in [5.41, 5.74) is 1.10. The highest BCUT2D eigenvalue weighted by Crippen LogP contribution is 2.33. The zero-order valence-corrected chi connectivity index (χ0v) is 18.7. The van der Waals surface area contributed by atoms with E-state index in [2.05, 4.69) is 16.0 Å². The van der Waals surface area contributed by atoms with Crippen LogP contribution in [0.4, 0.5) is 0 Å². The summed E-state index contributed by atoms with van der Waals surface area (Å²) in [6.45, 7) is 2.43. The van der Waals surface area contributed by atoms with Gasteiger partial charge < -0.3 is 30.4 Å². The lowest BCUT2D eigenvalue weighted by Gasteiger charge is -2.23. The maximum absolute atomic E-state index is 12.5. The number of carbonyl (C=O) groups is 3. The molecule has 8 nitrogen and oxygen atoms in total. The van der Waals surface area contributed by atoms with Crippen LogP contribution in [0.2, 0.25) is 0 Å². The fourth-order valence-electron chi connectivity index (χ4n) is 3.38. The molecule has 8 heteroatoms. The topological polar surface area (TPSA) is 99.8 Å². The van der Waals surface area contributed by atoms with Gasteiger partial charge in [-0.3, -0.25) is 9.59 Å². The number of para-hydroxylation sites is 1. The quantitative estimate of drug-likeness (QED) is 0.263. The van der Waals surface area contributed by atoms with Crippen LogP contribution in [0.5, 0.6) is 5.75 Å². The highest BCUT2D eigenvalue weighted by atomic mass is 16.5. The number of aldehydes is 1. The molecule has 0 spiro atoms. The maximum atomic E-state index is 12.5. The summed E-state index contributed by atoms with van der Waals surface area (Å²) in [6, 6.07) is 7.65. The predicted octanol–water partition coefficient (Wildman–Crippen LogP) is 0.749. The van der Waals surface area contributed by atoms with Gasteiger partial charge in [0.1, 0.15) is 18.6 Å². The molecular weight excluding hydrogens is 396 g/mol. The zero-order chi connectivity index (χ0) is 22.5. The number of hydrogen-bond donors (Lipinski definition) is 3. The smallest absolute Gasteiger partial charge is 0.240 e. The predicted molar refractivity (Wildman–Crippen MR) is 120 cm³/mol. The normalized spacial score (nSPS) is 14.0. The standard InChI is InChI=1S/C23H36N4O4/c1-24-13-11-21(29)25-12-5-7-18-6-3-4-8-20(18)31-17-14-26-22(19-9-10-19)23(30)27(2)15-16-28/h3-4,6,8,16,19,22,24,26H,5,7,9-15,17H2,1-2H3,(H,25,29). The molecule has 1 aliphatic rings. The zero-order valence-electron chi connectivity index (χ0n) is 18.7. The number of amides is 2. The van der Waals surface area contributed by atoms with E-state index in [1.54, 1.807) is 7.05 Å². The Morgan fingerprint density at radius 3 is 2.71 bits per heavy atom. The molecule has 1 unspecified atom stereocenters. The minimum absolute atomic E-state index is 0.0354. The summed E-state index contributed by atoms with van der Waals surface area (Å²) in [5.74, 6) is 1.20. The van der Waals surface area contributed by atoms with Crippen LogP contribution in [0.1, 0.15) is 31.2 Å². The Morgan fingerprint density at radius 2 is 2.00 bits per heavy atom. The van der Waals surface area contributed by atoms with Crippen LogP contribution in [0.3, 0.4) is 0 Å². The molecule has 0 aliphatic heterocycles. The molecule has 0 aromatic heterocycles. The SMILES string of the molecule is CNCCC(=O)NCCCc1ccccc1OCCNC(C(=O)N(C)CC=O)C1CC1. The fourth-order valence-corrected chi connectivity index (χ4v) is 3.38. The van der Waals surface area contributed by atoms with E-state index in [0.29, 0.717) is 38.6 Å². The average molecular weight is 433 g/mol. The number of nitrogens with one attached hydrogen (secondary N) is 3. The lowest BCUT2D eigenvalue weighted by atomic mass is 10.1. The Kier molecular flexibility index (Phi) is 11.0. The van der Waals surface area contributed by atoms with Crippen LogP contribution in [-0.4, -0.2) is 75.9 Å². The Hall–Kier alpha value is -2.45. The summed E-state index contributed by atoms with van der Waals surface area (Å²) < 4.78 is 5.97. The molecule has 2 rings (SSSR count). The third-order valence-electron chi connectivity index (χ3n) is 5.33. The van der Waals surface area contributed by atoms with E-state index in [-0.39, 0.29) is 24.4 Å². The fraction of sp³-hybridized carbons (Fsp3) is 0.609. The molecule has 1 aromatic carbocycles. The molecule has 0 saturated heterocycles. The Labute approximate surface area is 185 Å². The summed E-state index contributed by atoms with van der Waals surface area (Å²) in [6.07, 6.45) is 4.95. The van der Waals surface area contributed by atoms with Crippen LogP contribution in [-0.2, 0) is 20.8 Å².